The minimum atomic E-state index is 0.375. The van der Waals surface area contributed by atoms with Gasteiger partial charge in [-0.15, -0.1) is 0 Å². The van der Waals surface area contributed by atoms with Gasteiger partial charge >= 0.3 is 0 Å². The van der Waals surface area contributed by atoms with E-state index < -0.39 is 0 Å². The number of nitrogens with two attached hydrogens (primary N) is 1. The Labute approximate surface area is 134 Å². The molecule has 102 valence electrons. The lowest BCUT2D eigenvalue weighted by molar-refractivity contribution is 1.11. The molecule has 3 aromatic rings. The summed E-state index contributed by atoms with van der Waals surface area (Å²) in [6, 6.07) is 9.39. The average Bonchev–Trinajstić information content (AvgIpc) is 2.69. The fourth-order valence-corrected chi connectivity index (χ4v) is 2.94. The predicted octanol–water partition coefficient (Wildman–Crippen LogP) is 4.99. The van der Waals surface area contributed by atoms with Crippen LogP contribution >= 0.6 is 39.1 Å². The Morgan fingerprint density at radius 1 is 1.15 bits per heavy atom. The molecule has 1 heterocycles. The summed E-state index contributed by atoms with van der Waals surface area (Å²) in [6.07, 6.45) is 0. The van der Waals surface area contributed by atoms with E-state index in [0.29, 0.717) is 16.0 Å². The zero-order chi connectivity index (χ0) is 14.4. The predicted molar refractivity (Wildman–Crippen MR) is 87.9 cm³/mol. The molecule has 0 bridgehead atoms. The van der Waals surface area contributed by atoms with Crippen molar-refractivity contribution in [1.29, 1.82) is 0 Å². The van der Waals surface area contributed by atoms with Gasteiger partial charge in [-0.25, -0.2) is 4.98 Å². The summed E-state index contributed by atoms with van der Waals surface area (Å²) in [5.41, 5.74) is 9.35. The molecule has 3 rings (SSSR count). The monoisotopic (exact) mass is 369 g/mol. The Morgan fingerprint density at radius 2 is 1.90 bits per heavy atom. The van der Waals surface area contributed by atoms with Crippen molar-refractivity contribution in [1.82, 2.24) is 9.55 Å². The number of hydrogen-bond acceptors (Lipinski definition) is 2. The third kappa shape index (κ3) is 2.18. The van der Waals surface area contributed by atoms with Gasteiger partial charge in [0.15, 0.2) is 0 Å². The highest BCUT2D eigenvalue weighted by molar-refractivity contribution is 9.10. The summed E-state index contributed by atoms with van der Waals surface area (Å²) in [6.45, 7) is 1.91. The molecule has 0 aliphatic rings. The van der Waals surface area contributed by atoms with Crippen molar-refractivity contribution >= 4 is 56.1 Å². The molecule has 6 heteroatoms. The van der Waals surface area contributed by atoms with Crippen molar-refractivity contribution in [3.63, 3.8) is 0 Å². The second-order valence-electron chi connectivity index (χ2n) is 4.49. The number of halogens is 3. The molecule has 0 amide bonds. The van der Waals surface area contributed by atoms with Gasteiger partial charge < -0.3 is 5.73 Å². The van der Waals surface area contributed by atoms with Crippen molar-refractivity contribution in [2.75, 3.05) is 5.73 Å². The van der Waals surface area contributed by atoms with Crippen LogP contribution in [0.25, 0.3) is 16.7 Å². The summed E-state index contributed by atoms with van der Waals surface area (Å²) < 4.78 is 2.74. The molecule has 0 unspecified atom stereocenters. The third-order valence-electron chi connectivity index (χ3n) is 3.11. The van der Waals surface area contributed by atoms with Crippen LogP contribution in [0, 0.1) is 6.92 Å². The van der Waals surface area contributed by atoms with Crippen LogP contribution in [0.1, 0.15) is 5.56 Å². The first-order valence-electron chi connectivity index (χ1n) is 5.87. The molecule has 2 aromatic carbocycles. The molecule has 0 atom stereocenters. The average molecular weight is 371 g/mol. The first-order valence-corrected chi connectivity index (χ1v) is 7.42. The van der Waals surface area contributed by atoms with Crippen LogP contribution < -0.4 is 5.73 Å². The highest BCUT2D eigenvalue weighted by Crippen LogP contribution is 2.32. The highest BCUT2D eigenvalue weighted by atomic mass is 79.9. The maximum absolute atomic E-state index is 6.33. The van der Waals surface area contributed by atoms with E-state index in [1.807, 2.05) is 31.2 Å². The lowest BCUT2D eigenvalue weighted by atomic mass is 10.2. The summed E-state index contributed by atoms with van der Waals surface area (Å²) in [5, 5.41) is 1.22. The molecule has 0 saturated carbocycles. The molecule has 3 nitrogen and oxygen atoms in total. The van der Waals surface area contributed by atoms with Crippen LogP contribution in [0.2, 0.25) is 10.0 Å². The molecule has 0 radical (unpaired) electrons. The van der Waals surface area contributed by atoms with Crippen molar-refractivity contribution in [2.24, 2.45) is 0 Å². The smallest absolute Gasteiger partial charge is 0.205 e. The van der Waals surface area contributed by atoms with E-state index in [-0.39, 0.29) is 0 Å². The largest absolute Gasteiger partial charge is 0.369 e. The molecule has 0 spiro atoms. The Kier molecular flexibility index (Phi) is 3.40. The van der Waals surface area contributed by atoms with E-state index in [4.69, 9.17) is 28.9 Å². The zero-order valence-electron chi connectivity index (χ0n) is 10.5. The molecule has 2 N–H and O–H groups in total. The number of aryl methyl sites for hydroxylation is 1. The van der Waals surface area contributed by atoms with Crippen LogP contribution in [0.3, 0.4) is 0 Å². The number of nitrogens with zero attached hydrogens (tertiary/aromatic N) is 2. The zero-order valence-corrected chi connectivity index (χ0v) is 13.6. The summed E-state index contributed by atoms with van der Waals surface area (Å²) >= 11 is 16.0. The number of anilines is 1. The SMILES string of the molecule is Cc1cc(Cl)c(-n2c(N)nc3ccc(Br)cc32)cc1Cl. The maximum atomic E-state index is 6.33. The number of nitrogen functional groups attached to an aromatic ring is 1. The van der Waals surface area contributed by atoms with Crippen LogP contribution in [-0.2, 0) is 0 Å². The van der Waals surface area contributed by atoms with Crippen molar-refractivity contribution < 1.29 is 0 Å². The fourth-order valence-electron chi connectivity index (χ4n) is 2.13. The summed E-state index contributed by atoms with van der Waals surface area (Å²) in [4.78, 5) is 4.34. The summed E-state index contributed by atoms with van der Waals surface area (Å²) in [7, 11) is 0. The van der Waals surface area contributed by atoms with E-state index in [9.17, 15) is 0 Å². The number of aromatic nitrogens is 2. The first kappa shape index (κ1) is 13.7. The number of imidazole rings is 1. The quantitative estimate of drug-likeness (QED) is 0.656. The van der Waals surface area contributed by atoms with Gasteiger partial charge in [-0.3, -0.25) is 4.57 Å². The first-order chi connectivity index (χ1) is 9.47. The second kappa shape index (κ2) is 4.95. The van der Waals surface area contributed by atoms with Crippen molar-refractivity contribution in [3.05, 3.63) is 50.4 Å². The topological polar surface area (TPSA) is 43.8 Å². The maximum Gasteiger partial charge on any atom is 0.205 e. The lowest BCUT2D eigenvalue weighted by Gasteiger charge is -2.11. The van der Waals surface area contributed by atoms with E-state index in [1.54, 1.807) is 10.6 Å². The Morgan fingerprint density at radius 3 is 2.65 bits per heavy atom. The summed E-state index contributed by atoms with van der Waals surface area (Å²) in [5.74, 6) is 0.375. The van der Waals surface area contributed by atoms with E-state index in [2.05, 4.69) is 20.9 Å². The minimum absolute atomic E-state index is 0.375. The lowest BCUT2D eigenvalue weighted by Crippen LogP contribution is -2.01. The van der Waals surface area contributed by atoms with Gasteiger partial charge in [-0.05, 0) is 42.8 Å². The molecular formula is C14H10BrCl2N3. The molecule has 0 saturated heterocycles. The molecule has 1 aromatic heterocycles. The van der Waals surface area contributed by atoms with Crippen LogP contribution in [-0.4, -0.2) is 9.55 Å². The standard InChI is InChI=1S/C14H10BrCl2N3/c1-7-4-10(17)12(6-9(7)16)20-13-5-8(15)2-3-11(13)19-14(20)18/h2-6H,1H3,(H2,18,19). The Bertz CT molecular complexity index is 827. The number of hydrogen-bond donors (Lipinski definition) is 1. The van der Waals surface area contributed by atoms with Gasteiger partial charge in [-0.1, -0.05) is 39.1 Å². The van der Waals surface area contributed by atoms with Gasteiger partial charge in [0.05, 0.1) is 21.7 Å². The molecule has 0 aliphatic heterocycles. The van der Waals surface area contributed by atoms with Crippen molar-refractivity contribution in [3.8, 4) is 5.69 Å². The van der Waals surface area contributed by atoms with Gasteiger partial charge in [0.2, 0.25) is 5.95 Å². The number of fused-ring (bicyclic) bond motifs is 1. The van der Waals surface area contributed by atoms with E-state index in [1.165, 1.54) is 0 Å². The minimum Gasteiger partial charge on any atom is -0.369 e. The Hall–Kier alpha value is -1.23. The van der Waals surface area contributed by atoms with Crippen LogP contribution in [0.4, 0.5) is 5.95 Å². The van der Waals surface area contributed by atoms with Crippen LogP contribution in [0.5, 0.6) is 0 Å². The Balaban J connectivity index is 2.37. The third-order valence-corrected chi connectivity index (χ3v) is 4.31. The van der Waals surface area contributed by atoms with Gasteiger partial charge in [-0.2, -0.15) is 0 Å². The molecule has 0 aliphatic carbocycles. The fraction of sp³-hybridized carbons (Fsp3) is 0.0714. The van der Waals surface area contributed by atoms with E-state index in [0.717, 1.165) is 26.8 Å². The second-order valence-corrected chi connectivity index (χ2v) is 6.22. The van der Waals surface area contributed by atoms with Gasteiger partial charge in [0.1, 0.15) is 0 Å². The van der Waals surface area contributed by atoms with Gasteiger partial charge in [0, 0.05) is 9.50 Å². The highest BCUT2D eigenvalue weighted by Gasteiger charge is 2.14. The normalized spacial score (nSPS) is 11.2. The van der Waals surface area contributed by atoms with E-state index >= 15 is 0 Å². The number of rotatable bonds is 1. The molecule has 0 fully saturated rings. The molecule has 20 heavy (non-hydrogen) atoms. The van der Waals surface area contributed by atoms with Crippen LogP contribution in [0.15, 0.2) is 34.8 Å². The van der Waals surface area contributed by atoms with Gasteiger partial charge in [0.25, 0.3) is 0 Å². The molecular weight excluding hydrogens is 361 g/mol. The van der Waals surface area contributed by atoms with Crippen molar-refractivity contribution in [2.45, 2.75) is 6.92 Å². The number of benzene rings is 2.